The average Bonchev–Trinajstić information content (AvgIpc) is 2.33. The number of rotatable bonds is 3. The van der Waals surface area contributed by atoms with Crippen LogP contribution in [0.4, 0.5) is 0 Å². The first-order valence-corrected chi connectivity index (χ1v) is 6.15. The van der Waals surface area contributed by atoms with E-state index < -0.39 is 0 Å². The lowest BCUT2D eigenvalue weighted by Gasteiger charge is -2.19. The number of aryl methyl sites for hydroxylation is 3. The topological polar surface area (TPSA) is 37.8 Å². The standard InChI is InChI=1S/C15H19N3/c1-10-7-13(9-17-8-10)15(16-4)14-6-5-11(2)18-12(14)3/h5-9,15-16H,1-4H3. The third-order valence-corrected chi connectivity index (χ3v) is 3.10. The van der Waals surface area contributed by atoms with Crippen LogP contribution < -0.4 is 5.32 Å². The summed E-state index contributed by atoms with van der Waals surface area (Å²) in [5.41, 5.74) is 5.66. The Kier molecular flexibility index (Phi) is 3.72. The number of hydrogen-bond donors (Lipinski definition) is 1. The molecule has 94 valence electrons. The summed E-state index contributed by atoms with van der Waals surface area (Å²) in [5, 5.41) is 3.34. The molecule has 0 saturated heterocycles. The minimum Gasteiger partial charge on any atom is -0.309 e. The van der Waals surface area contributed by atoms with Gasteiger partial charge in [-0.05, 0) is 50.6 Å². The van der Waals surface area contributed by atoms with Crippen LogP contribution in [0.25, 0.3) is 0 Å². The molecule has 2 heterocycles. The molecule has 2 aromatic rings. The Bertz CT molecular complexity index is 549. The molecule has 2 rings (SSSR count). The summed E-state index contributed by atoms with van der Waals surface area (Å²) in [4.78, 5) is 8.80. The predicted molar refractivity (Wildman–Crippen MR) is 73.6 cm³/mol. The molecular formula is C15H19N3. The van der Waals surface area contributed by atoms with Crippen molar-refractivity contribution in [2.75, 3.05) is 7.05 Å². The second-order valence-electron chi connectivity index (χ2n) is 4.64. The van der Waals surface area contributed by atoms with Crippen molar-refractivity contribution in [3.63, 3.8) is 0 Å². The first kappa shape index (κ1) is 12.7. The van der Waals surface area contributed by atoms with E-state index in [0.29, 0.717) is 0 Å². The molecule has 0 bridgehead atoms. The van der Waals surface area contributed by atoms with E-state index in [1.54, 1.807) is 0 Å². The minimum atomic E-state index is 0.144. The third-order valence-electron chi connectivity index (χ3n) is 3.10. The molecule has 0 spiro atoms. The van der Waals surface area contributed by atoms with Gasteiger partial charge in [0.15, 0.2) is 0 Å². The molecule has 1 atom stereocenters. The molecule has 0 aliphatic carbocycles. The summed E-state index contributed by atoms with van der Waals surface area (Å²) >= 11 is 0. The van der Waals surface area contributed by atoms with Crippen LogP contribution in [0, 0.1) is 20.8 Å². The van der Waals surface area contributed by atoms with Gasteiger partial charge in [0.05, 0.1) is 6.04 Å². The summed E-state index contributed by atoms with van der Waals surface area (Å²) in [5.74, 6) is 0. The molecule has 0 radical (unpaired) electrons. The Morgan fingerprint density at radius 1 is 1.11 bits per heavy atom. The first-order chi connectivity index (χ1) is 8.61. The zero-order valence-corrected chi connectivity index (χ0v) is 11.4. The number of hydrogen-bond acceptors (Lipinski definition) is 3. The Balaban J connectivity index is 2.45. The minimum absolute atomic E-state index is 0.144. The van der Waals surface area contributed by atoms with Gasteiger partial charge >= 0.3 is 0 Å². The molecular weight excluding hydrogens is 222 g/mol. The Morgan fingerprint density at radius 2 is 1.89 bits per heavy atom. The van der Waals surface area contributed by atoms with Crippen molar-refractivity contribution < 1.29 is 0 Å². The van der Waals surface area contributed by atoms with E-state index in [1.165, 1.54) is 16.7 Å². The molecule has 2 aromatic heterocycles. The maximum absolute atomic E-state index is 4.53. The largest absolute Gasteiger partial charge is 0.309 e. The molecule has 18 heavy (non-hydrogen) atoms. The lowest BCUT2D eigenvalue weighted by Crippen LogP contribution is -2.19. The predicted octanol–water partition coefficient (Wildman–Crippen LogP) is 2.71. The van der Waals surface area contributed by atoms with E-state index >= 15 is 0 Å². The van der Waals surface area contributed by atoms with Gasteiger partial charge in [-0.15, -0.1) is 0 Å². The van der Waals surface area contributed by atoms with Crippen molar-refractivity contribution in [3.05, 3.63) is 58.7 Å². The second kappa shape index (κ2) is 5.27. The van der Waals surface area contributed by atoms with Crippen LogP contribution in [-0.2, 0) is 0 Å². The van der Waals surface area contributed by atoms with Gasteiger partial charge in [-0.2, -0.15) is 0 Å². The van der Waals surface area contributed by atoms with E-state index in [1.807, 2.05) is 26.4 Å². The Morgan fingerprint density at radius 3 is 2.50 bits per heavy atom. The van der Waals surface area contributed by atoms with Crippen LogP contribution in [-0.4, -0.2) is 17.0 Å². The molecule has 0 aromatic carbocycles. The van der Waals surface area contributed by atoms with Crippen LogP contribution in [0.1, 0.15) is 34.1 Å². The van der Waals surface area contributed by atoms with Gasteiger partial charge in [0.2, 0.25) is 0 Å². The van der Waals surface area contributed by atoms with Gasteiger partial charge < -0.3 is 5.32 Å². The summed E-state index contributed by atoms with van der Waals surface area (Å²) in [6.45, 7) is 6.12. The highest BCUT2D eigenvalue weighted by atomic mass is 14.9. The highest BCUT2D eigenvalue weighted by molar-refractivity contribution is 5.34. The van der Waals surface area contributed by atoms with Crippen molar-refractivity contribution in [1.29, 1.82) is 0 Å². The van der Waals surface area contributed by atoms with E-state index in [9.17, 15) is 0 Å². The van der Waals surface area contributed by atoms with E-state index in [-0.39, 0.29) is 6.04 Å². The zero-order valence-electron chi connectivity index (χ0n) is 11.4. The molecule has 1 unspecified atom stereocenters. The number of aromatic nitrogens is 2. The van der Waals surface area contributed by atoms with Gasteiger partial charge in [-0.25, -0.2) is 0 Å². The fourth-order valence-corrected chi connectivity index (χ4v) is 2.24. The third kappa shape index (κ3) is 2.57. The van der Waals surface area contributed by atoms with Crippen molar-refractivity contribution in [2.45, 2.75) is 26.8 Å². The number of nitrogens with zero attached hydrogens (tertiary/aromatic N) is 2. The monoisotopic (exact) mass is 241 g/mol. The van der Waals surface area contributed by atoms with Crippen molar-refractivity contribution in [2.24, 2.45) is 0 Å². The van der Waals surface area contributed by atoms with Crippen LogP contribution in [0.3, 0.4) is 0 Å². The van der Waals surface area contributed by atoms with Crippen LogP contribution in [0.2, 0.25) is 0 Å². The van der Waals surface area contributed by atoms with Gasteiger partial charge in [0.1, 0.15) is 0 Å². The molecule has 3 heteroatoms. The fourth-order valence-electron chi connectivity index (χ4n) is 2.24. The molecule has 0 aliphatic rings. The van der Waals surface area contributed by atoms with Crippen LogP contribution in [0.5, 0.6) is 0 Å². The molecule has 0 amide bonds. The second-order valence-corrected chi connectivity index (χ2v) is 4.64. The maximum Gasteiger partial charge on any atom is 0.0607 e. The number of nitrogens with one attached hydrogen (secondary N) is 1. The lowest BCUT2D eigenvalue weighted by atomic mass is 9.98. The molecule has 0 fully saturated rings. The highest BCUT2D eigenvalue weighted by Crippen LogP contribution is 2.23. The van der Waals surface area contributed by atoms with Crippen molar-refractivity contribution in [3.8, 4) is 0 Å². The molecule has 1 N–H and O–H groups in total. The zero-order chi connectivity index (χ0) is 13.1. The summed E-state index contributed by atoms with van der Waals surface area (Å²) in [7, 11) is 1.96. The van der Waals surface area contributed by atoms with Gasteiger partial charge in [-0.1, -0.05) is 12.1 Å². The molecule has 0 aliphatic heterocycles. The lowest BCUT2D eigenvalue weighted by molar-refractivity contribution is 0.678. The van der Waals surface area contributed by atoms with Gasteiger partial charge in [-0.3, -0.25) is 9.97 Å². The van der Waals surface area contributed by atoms with Crippen LogP contribution >= 0.6 is 0 Å². The van der Waals surface area contributed by atoms with Crippen molar-refractivity contribution in [1.82, 2.24) is 15.3 Å². The Labute approximate surface area is 108 Å². The van der Waals surface area contributed by atoms with Crippen LogP contribution in [0.15, 0.2) is 30.6 Å². The average molecular weight is 241 g/mol. The van der Waals surface area contributed by atoms with Gasteiger partial charge in [0, 0.05) is 23.8 Å². The smallest absolute Gasteiger partial charge is 0.0607 e. The SMILES string of the molecule is CNC(c1cncc(C)c1)c1ccc(C)nc1C. The fraction of sp³-hybridized carbons (Fsp3) is 0.333. The highest BCUT2D eigenvalue weighted by Gasteiger charge is 2.15. The molecule has 0 saturated carbocycles. The quantitative estimate of drug-likeness (QED) is 0.897. The Hall–Kier alpha value is -1.74. The van der Waals surface area contributed by atoms with E-state index in [2.05, 4.69) is 47.3 Å². The van der Waals surface area contributed by atoms with E-state index in [0.717, 1.165) is 11.4 Å². The van der Waals surface area contributed by atoms with Crippen molar-refractivity contribution >= 4 is 0 Å². The van der Waals surface area contributed by atoms with E-state index in [4.69, 9.17) is 0 Å². The first-order valence-electron chi connectivity index (χ1n) is 6.15. The maximum atomic E-state index is 4.53. The van der Waals surface area contributed by atoms with Gasteiger partial charge in [0.25, 0.3) is 0 Å². The summed E-state index contributed by atoms with van der Waals surface area (Å²) in [6, 6.07) is 6.50. The molecule has 3 nitrogen and oxygen atoms in total. The summed E-state index contributed by atoms with van der Waals surface area (Å²) in [6.07, 6.45) is 3.78. The normalized spacial score (nSPS) is 12.4. The number of pyridine rings is 2. The summed E-state index contributed by atoms with van der Waals surface area (Å²) < 4.78 is 0.